The third kappa shape index (κ3) is 6.45. The molecule has 0 bridgehead atoms. The Kier molecular flexibility index (Phi) is 7.95. The summed E-state index contributed by atoms with van der Waals surface area (Å²) in [4.78, 5) is 24.2. The number of unbranched alkanes of at least 4 members (excludes halogenated alkanes) is 1. The lowest BCUT2D eigenvalue weighted by Gasteiger charge is -2.16. The quantitative estimate of drug-likeness (QED) is 0.470. The van der Waals surface area contributed by atoms with Gasteiger partial charge in [-0.1, -0.05) is 36.5 Å². The van der Waals surface area contributed by atoms with Gasteiger partial charge in [0.25, 0.3) is 5.91 Å². The van der Waals surface area contributed by atoms with E-state index in [0.29, 0.717) is 33.7 Å². The van der Waals surface area contributed by atoms with Gasteiger partial charge < -0.3 is 14.8 Å². The van der Waals surface area contributed by atoms with Crippen molar-refractivity contribution in [1.82, 2.24) is 0 Å². The van der Waals surface area contributed by atoms with E-state index in [9.17, 15) is 9.59 Å². The minimum atomic E-state index is -0.776. The van der Waals surface area contributed by atoms with Crippen molar-refractivity contribution in [3.63, 3.8) is 0 Å². The summed E-state index contributed by atoms with van der Waals surface area (Å²) in [7, 11) is 0. The van der Waals surface area contributed by atoms with E-state index in [0.717, 1.165) is 12.8 Å². The first kappa shape index (κ1) is 21.1. The van der Waals surface area contributed by atoms with Crippen LogP contribution in [0.15, 0.2) is 42.5 Å². The summed E-state index contributed by atoms with van der Waals surface area (Å²) in [5.74, 6) is -0.358. The first-order chi connectivity index (χ1) is 12.9. The molecule has 27 heavy (non-hydrogen) atoms. The molecule has 1 atom stereocenters. The molecule has 0 aliphatic rings. The zero-order valence-corrected chi connectivity index (χ0v) is 16.6. The lowest BCUT2D eigenvalue weighted by atomic mass is 10.2. The van der Waals surface area contributed by atoms with Crippen LogP contribution in [0.3, 0.4) is 0 Å². The Hall–Kier alpha value is -2.24. The fourth-order valence-corrected chi connectivity index (χ4v) is 2.59. The number of carbonyl (C=O) groups is 2. The lowest BCUT2D eigenvalue weighted by molar-refractivity contribution is -0.122. The summed E-state index contributed by atoms with van der Waals surface area (Å²) in [5, 5.41) is 3.54. The number of esters is 1. The number of hydrogen-bond donors (Lipinski definition) is 1. The SMILES string of the molecule is CCCCOC(=O)c1ccc(NC(=O)[C@@H](C)Oc2ccc(Cl)cc2Cl)cc1. The van der Waals surface area contributed by atoms with Gasteiger partial charge in [-0.3, -0.25) is 4.79 Å². The highest BCUT2D eigenvalue weighted by Crippen LogP contribution is 2.28. The molecule has 2 aromatic rings. The fourth-order valence-electron chi connectivity index (χ4n) is 2.14. The van der Waals surface area contributed by atoms with Gasteiger partial charge in [0, 0.05) is 10.7 Å². The molecule has 0 fully saturated rings. The van der Waals surface area contributed by atoms with Crippen molar-refractivity contribution in [1.29, 1.82) is 0 Å². The average molecular weight is 410 g/mol. The summed E-state index contributed by atoms with van der Waals surface area (Å²) < 4.78 is 10.7. The predicted octanol–water partition coefficient (Wildman–Crippen LogP) is 5.36. The fraction of sp³-hybridized carbons (Fsp3) is 0.300. The van der Waals surface area contributed by atoms with Crippen LogP contribution in [-0.4, -0.2) is 24.6 Å². The van der Waals surface area contributed by atoms with E-state index in [4.69, 9.17) is 32.7 Å². The summed E-state index contributed by atoms with van der Waals surface area (Å²) in [5.41, 5.74) is 0.976. The zero-order valence-electron chi connectivity index (χ0n) is 15.1. The smallest absolute Gasteiger partial charge is 0.338 e. The van der Waals surface area contributed by atoms with Crippen molar-refractivity contribution < 1.29 is 19.1 Å². The first-order valence-electron chi connectivity index (χ1n) is 8.60. The van der Waals surface area contributed by atoms with Crippen LogP contribution in [0, 0.1) is 0 Å². The first-order valence-corrected chi connectivity index (χ1v) is 9.36. The Labute approximate surface area is 168 Å². The highest BCUT2D eigenvalue weighted by Gasteiger charge is 2.17. The van der Waals surface area contributed by atoms with Crippen molar-refractivity contribution in [2.75, 3.05) is 11.9 Å². The molecule has 0 aliphatic heterocycles. The van der Waals surface area contributed by atoms with Crippen LogP contribution in [-0.2, 0) is 9.53 Å². The van der Waals surface area contributed by atoms with Crippen molar-refractivity contribution >= 4 is 40.8 Å². The van der Waals surface area contributed by atoms with E-state index < -0.39 is 6.10 Å². The molecule has 0 aromatic heterocycles. The van der Waals surface area contributed by atoms with Crippen LogP contribution in [0.1, 0.15) is 37.0 Å². The molecule has 2 rings (SSSR count). The third-order valence-corrected chi connectivity index (χ3v) is 4.22. The molecule has 0 saturated heterocycles. The number of benzene rings is 2. The molecule has 1 N–H and O–H groups in total. The molecule has 0 aliphatic carbocycles. The summed E-state index contributed by atoms with van der Waals surface area (Å²) in [6, 6.07) is 11.3. The van der Waals surface area contributed by atoms with Crippen molar-refractivity contribution in [3.8, 4) is 5.75 Å². The Balaban J connectivity index is 1.91. The van der Waals surface area contributed by atoms with Gasteiger partial charge in [-0.2, -0.15) is 0 Å². The van der Waals surface area contributed by atoms with Crippen LogP contribution in [0.5, 0.6) is 5.75 Å². The second-order valence-corrected chi connectivity index (χ2v) is 6.73. The van der Waals surface area contributed by atoms with E-state index in [2.05, 4.69) is 5.32 Å². The highest BCUT2D eigenvalue weighted by atomic mass is 35.5. The molecule has 144 valence electrons. The van der Waals surface area contributed by atoms with Gasteiger partial charge in [0.05, 0.1) is 17.2 Å². The molecular formula is C20H21Cl2NO4. The Bertz CT molecular complexity index is 793. The standard InChI is InChI=1S/C20H21Cl2NO4/c1-3-4-11-26-20(25)14-5-8-16(9-6-14)23-19(24)13(2)27-18-10-7-15(21)12-17(18)22/h5-10,12-13H,3-4,11H2,1-2H3,(H,23,24)/t13-/m1/s1. The minimum absolute atomic E-state index is 0.327. The van der Waals surface area contributed by atoms with E-state index >= 15 is 0 Å². The number of rotatable bonds is 8. The maximum Gasteiger partial charge on any atom is 0.338 e. The van der Waals surface area contributed by atoms with Crippen LogP contribution >= 0.6 is 23.2 Å². The molecule has 7 heteroatoms. The summed E-state index contributed by atoms with van der Waals surface area (Å²) in [6.45, 7) is 4.03. The van der Waals surface area contributed by atoms with Gasteiger partial charge in [0.15, 0.2) is 6.10 Å². The summed E-state index contributed by atoms with van der Waals surface area (Å²) >= 11 is 11.9. The second-order valence-electron chi connectivity index (χ2n) is 5.89. The Morgan fingerprint density at radius 2 is 1.81 bits per heavy atom. The van der Waals surface area contributed by atoms with Gasteiger partial charge >= 0.3 is 5.97 Å². The van der Waals surface area contributed by atoms with E-state index in [1.807, 2.05) is 6.92 Å². The van der Waals surface area contributed by atoms with E-state index in [1.165, 1.54) is 0 Å². The zero-order chi connectivity index (χ0) is 19.8. The van der Waals surface area contributed by atoms with Gasteiger partial charge in [0.2, 0.25) is 0 Å². The molecule has 1 amide bonds. The topological polar surface area (TPSA) is 64.6 Å². The van der Waals surface area contributed by atoms with Crippen molar-refractivity contribution in [3.05, 3.63) is 58.1 Å². The summed E-state index contributed by atoms with van der Waals surface area (Å²) in [6.07, 6.45) is 1.01. The highest BCUT2D eigenvalue weighted by molar-refractivity contribution is 6.35. The third-order valence-electron chi connectivity index (χ3n) is 3.69. The number of hydrogen-bond acceptors (Lipinski definition) is 4. The number of nitrogens with one attached hydrogen (secondary N) is 1. The number of amides is 1. The van der Waals surface area contributed by atoms with E-state index in [1.54, 1.807) is 49.4 Å². The maximum atomic E-state index is 12.3. The normalized spacial score (nSPS) is 11.6. The molecule has 0 unspecified atom stereocenters. The monoisotopic (exact) mass is 409 g/mol. The van der Waals surface area contributed by atoms with Crippen molar-refractivity contribution in [2.45, 2.75) is 32.8 Å². The van der Waals surface area contributed by atoms with E-state index in [-0.39, 0.29) is 11.9 Å². The molecule has 0 heterocycles. The Morgan fingerprint density at radius 3 is 2.44 bits per heavy atom. The molecule has 0 radical (unpaired) electrons. The largest absolute Gasteiger partial charge is 0.479 e. The van der Waals surface area contributed by atoms with Crippen LogP contribution in [0.4, 0.5) is 5.69 Å². The lowest BCUT2D eigenvalue weighted by Crippen LogP contribution is -2.30. The van der Waals surface area contributed by atoms with Gasteiger partial charge in [-0.05, 0) is 55.8 Å². The van der Waals surface area contributed by atoms with Crippen LogP contribution in [0.25, 0.3) is 0 Å². The van der Waals surface area contributed by atoms with Crippen LogP contribution in [0.2, 0.25) is 10.0 Å². The molecule has 0 spiro atoms. The molecule has 2 aromatic carbocycles. The average Bonchev–Trinajstić information content (AvgIpc) is 2.64. The van der Waals surface area contributed by atoms with Crippen molar-refractivity contribution in [2.24, 2.45) is 0 Å². The predicted molar refractivity (Wildman–Crippen MR) is 107 cm³/mol. The van der Waals surface area contributed by atoms with Gasteiger partial charge in [0.1, 0.15) is 5.75 Å². The molecular weight excluding hydrogens is 389 g/mol. The number of anilines is 1. The number of halogens is 2. The second kappa shape index (κ2) is 10.2. The molecule has 5 nitrogen and oxygen atoms in total. The Morgan fingerprint density at radius 1 is 1.11 bits per heavy atom. The van der Waals surface area contributed by atoms with Crippen LogP contribution < -0.4 is 10.1 Å². The minimum Gasteiger partial charge on any atom is -0.479 e. The number of ether oxygens (including phenoxy) is 2. The number of carbonyl (C=O) groups excluding carboxylic acids is 2. The maximum absolute atomic E-state index is 12.3. The van der Waals surface area contributed by atoms with Gasteiger partial charge in [-0.25, -0.2) is 4.79 Å². The molecule has 0 saturated carbocycles. The van der Waals surface area contributed by atoms with Gasteiger partial charge in [-0.15, -0.1) is 0 Å².